The molecule has 0 aliphatic heterocycles. The molecule has 0 fully saturated rings. The number of aryl methyl sites for hydroxylation is 2. The van der Waals surface area contributed by atoms with Crippen molar-refractivity contribution < 1.29 is 9.53 Å². The summed E-state index contributed by atoms with van der Waals surface area (Å²) in [6.45, 7) is 6.84. The predicted molar refractivity (Wildman–Crippen MR) is 82.3 cm³/mol. The number of thiazole rings is 1. The third-order valence-corrected chi connectivity index (χ3v) is 4.39. The fraction of sp³-hybridized carbons (Fsp3) is 0.467. The van der Waals surface area contributed by atoms with E-state index < -0.39 is 0 Å². The number of methoxy groups -OCH3 is 1. The molecular weight excluding hydrogens is 272 g/mol. The van der Waals surface area contributed by atoms with Crippen LogP contribution in [0, 0.1) is 6.92 Å². The maximum atomic E-state index is 11.6. The number of ether oxygens (including phenoxy) is 1. The number of fused-ring (bicyclic) bond motifs is 1. The molecule has 1 aromatic heterocycles. The first kappa shape index (κ1) is 14.8. The Morgan fingerprint density at radius 1 is 1.40 bits per heavy atom. The molecule has 0 saturated carbocycles. The molecule has 1 heterocycles. The van der Waals surface area contributed by atoms with Gasteiger partial charge in [-0.05, 0) is 25.0 Å². The summed E-state index contributed by atoms with van der Waals surface area (Å²) in [6.07, 6.45) is 1.41. The van der Waals surface area contributed by atoms with E-state index in [0.717, 1.165) is 33.7 Å². The number of amides is 1. The fourth-order valence-electron chi connectivity index (χ4n) is 2.15. The van der Waals surface area contributed by atoms with Gasteiger partial charge in [-0.1, -0.05) is 31.3 Å². The summed E-state index contributed by atoms with van der Waals surface area (Å²) in [7, 11) is 1.67. The van der Waals surface area contributed by atoms with Crippen molar-refractivity contribution in [1.82, 2.24) is 4.57 Å². The molecule has 0 N–H and O–H groups in total. The monoisotopic (exact) mass is 292 g/mol. The van der Waals surface area contributed by atoms with E-state index in [0.29, 0.717) is 6.42 Å². The largest absolute Gasteiger partial charge is 0.495 e. The van der Waals surface area contributed by atoms with Crippen molar-refractivity contribution in [2.24, 2.45) is 4.99 Å². The lowest BCUT2D eigenvalue weighted by Crippen LogP contribution is -2.16. The van der Waals surface area contributed by atoms with Crippen molar-refractivity contribution in [3.8, 4) is 5.75 Å². The summed E-state index contributed by atoms with van der Waals surface area (Å²) in [5, 5.41) is 0. The Kier molecular flexibility index (Phi) is 4.60. The maximum Gasteiger partial charge on any atom is 0.248 e. The first-order valence-electron chi connectivity index (χ1n) is 6.86. The van der Waals surface area contributed by atoms with Crippen molar-refractivity contribution in [3.05, 3.63) is 22.5 Å². The Morgan fingerprint density at radius 2 is 2.15 bits per heavy atom. The molecular formula is C15H20N2O2S. The number of carbonyl (C=O) groups is 1. The topological polar surface area (TPSA) is 43.6 Å². The van der Waals surface area contributed by atoms with E-state index in [4.69, 9.17) is 4.74 Å². The molecule has 2 aromatic rings. The lowest BCUT2D eigenvalue weighted by Gasteiger charge is -2.08. The SMILES string of the molecule is CCCn1c(=NC(=O)CC)sc2c(C)ccc(OC)c21. The van der Waals surface area contributed by atoms with E-state index in [1.165, 1.54) is 5.56 Å². The van der Waals surface area contributed by atoms with E-state index in [9.17, 15) is 4.79 Å². The van der Waals surface area contributed by atoms with Crippen LogP contribution < -0.4 is 9.54 Å². The van der Waals surface area contributed by atoms with E-state index in [1.807, 2.05) is 19.1 Å². The second-order valence-corrected chi connectivity index (χ2v) is 5.64. The quantitative estimate of drug-likeness (QED) is 0.868. The minimum Gasteiger partial charge on any atom is -0.495 e. The zero-order valence-corrected chi connectivity index (χ0v) is 13.2. The predicted octanol–water partition coefficient (Wildman–Crippen LogP) is 3.27. The molecule has 2 rings (SSSR count). The van der Waals surface area contributed by atoms with Crippen LogP contribution in [0.2, 0.25) is 0 Å². The third-order valence-electron chi connectivity index (χ3n) is 3.18. The average molecular weight is 292 g/mol. The minimum atomic E-state index is -0.0852. The second-order valence-electron chi connectivity index (χ2n) is 4.66. The summed E-state index contributed by atoms with van der Waals surface area (Å²) in [5.74, 6) is 0.749. The first-order chi connectivity index (χ1) is 9.62. The van der Waals surface area contributed by atoms with Crippen LogP contribution in [0.3, 0.4) is 0 Å². The smallest absolute Gasteiger partial charge is 0.248 e. The van der Waals surface area contributed by atoms with Crippen molar-refractivity contribution in [3.63, 3.8) is 0 Å². The van der Waals surface area contributed by atoms with Crippen LogP contribution in [0.4, 0.5) is 0 Å². The van der Waals surface area contributed by atoms with E-state index in [-0.39, 0.29) is 5.91 Å². The number of nitrogens with zero attached hydrogens (tertiary/aromatic N) is 2. The highest BCUT2D eigenvalue weighted by Crippen LogP contribution is 2.30. The normalized spacial score (nSPS) is 12.1. The van der Waals surface area contributed by atoms with Gasteiger partial charge in [-0.3, -0.25) is 4.79 Å². The molecule has 0 spiro atoms. The number of hydrogen-bond donors (Lipinski definition) is 0. The summed E-state index contributed by atoms with van der Waals surface area (Å²) >= 11 is 1.56. The number of benzene rings is 1. The summed E-state index contributed by atoms with van der Waals surface area (Å²) in [6, 6.07) is 4.02. The zero-order chi connectivity index (χ0) is 14.7. The highest BCUT2D eigenvalue weighted by atomic mass is 32.1. The lowest BCUT2D eigenvalue weighted by molar-refractivity contribution is -0.117. The molecule has 1 amide bonds. The Balaban J connectivity index is 2.82. The first-order valence-corrected chi connectivity index (χ1v) is 7.68. The van der Waals surface area contributed by atoms with Gasteiger partial charge in [0.1, 0.15) is 11.3 Å². The van der Waals surface area contributed by atoms with E-state index in [2.05, 4.69) is 23.4 Å². The van der Waals surface area contributed by atoms with Gasteiger partial charge >= 0.3 is 0 Å². The molecule has 0 atom stereocenters. The lowest BCUT2D eigenvalue weighted by atomic mass is 10.2. The number of aromatic nitrogens is 1. The van der Waals surface area contributed by atoms with Crippen molar-refractivity contribution >= 4 is 27.5 Å². The van der Waals surface area contributed by atoms with Crippen LogP contribution in [-0.2, 0) is 11.3 Å². The average Bonchev–Trinajstić information content (AvgIpc) is 2.80. The molecule has 0 unspecified atom stereocenters. The van der Waals surface area contributed by atoms with E-state index in [1.54, 1.807) is 18.4 Å². The van der Waals surface area contributed by atoms with Gasteiger partial charge in [-0.15, -0.1) is 0 Å². The van der Waals surface area contributed by atoms with Gasteiger partial charge in [-0.2, -0.15) is 4.99 Å². The molecule has 4 nitrogen and oxygen atoms in total. The summed E-state index contributed by atoms with van der Waals surface area (Å²) in [5.41, 5.74) is 2.23. The van der Waals surface area contributed by atoms with Crippen LogP contribution in [0.25, 0.3) is 10.2 Å². The number of hydrogen-bond acceptors (Lipinski definition) is 3. The van der Waals surface area contributed by atoms with Crippen LogP contribution in [0.15, 0.2) is 17.1 Å². The highest BCUT2D eigenvalue weighted by Gasteiger charge is 2.13. The number of rotatable bonds is 4. The molecule has 0 radical (unpaired) electrons. The molecule has 1 aromatic carbocycles. The van der Waals surface area contributed by atoms with Crippen molar-refractivity contribution in [1.29, 1.82) is 0 Å². The molecule has 20 heavy (non-hydrogen) atoms. The van der Waals surface area contributed by atoms with Gasteiger partial charge in [0.2, 0.25) is 5.91 Å². The molecule has 5 heteroatoms. The molecule has 0 aliphatic rings. The van der Waals surface area contributed by atoms with Gasteiger partial charge < -0.3 is 9.30 Å². The van der Waals surface area contributed by atoms with Gasteiger partial charge in [0.05, 0.1) is 11.8 Å². The van der Waals surface area contributed by atoms with Gasteiger partial charge in [-0.25, -0.2) is 0 Å². The van der Waals surface area contributed by atoms with Gasteiger partial charge in [0.15, 0.2) is 4.80 Å². The Morgan fingerprint density at radius 3 is 2.75 bits per heavy atom. The molecule has 108 valence electrons. The minimum absolute atomic E-state index is 0.0852. The van der Waals surface area contributed by atoms with Crippen LogP contribution >= 0.6 is 11.3 Å². The molecule has 0 aliphatic carbocycles. The Bertz CT molecular complexity index is 698. The van der Waals surface area contributed by atoms with Crippen LogP contribution in [0.5, 0.6) is 5.75 Å². The fourth-order valence-corrected chi connectivity index (χ4v) is 3.30. The second kappa shape index (κ2) is 6.22. The van der Waals surface area contributed by atoms with E-state index >= 15 is 0 Å². The highest BCUT2D eigenvalue weighted by molar-refractivity contribution is 7.16. The van der Waals surface area contributed by atoms with Crippen molar-refractivity contribution in [2.75, 3.05) is 7.11 Å². The third kappa shape index (κ3) is 2.63. The van der Waals surface area contributed by atoms with Crippen LogP contribution in [-0.4, -0.2) is 17.6 Å². The zero-order valence-electron chi connectivity index (χ0n) is 12.4. The summed E-state index contributed by atoms with van der Waals surface area (Å²) < 4.78 is 8.71. The Labute approximate surface area is 122 Å². The number of carbonyl (C=O) groups excluding carboxylic acids is 1. The van der Waals surface area contributed by atoms with Gasteiger partial charge in [0.25, 0.3) is 0 Å². The maximum absolute atomic E-state index is 11.6. The standard InChI is InChI=1S/C15H20N2O2S/c1-5-9-17-13-11(19-4)8-7-10(3)14(13)20-15(17)16-12(18)6-2/h7-8H,5-6,9H2,1-4H3. The van der Waals surface area contributed by atoms with Gasteiger partial charge in [0, 0.05) is 13.0 Å². The molecule has 0 bridgehead atoms. The molecule has 0 saturated heterocycles. The van der Waals surface area contributed by atoms with Crippen LogP contribution in [0.1, 0.15) is 32.3 Å². The summed E-state index contributed by atoms with van der Waals surface area (Å²) in [4.78, 5) is 16.7. The Hall–Kier alpha value is -1.62. The van der Waals surface area contributed by atoms with Crippen molar-refractivity contribution in [2.45, 2.75) is 40.2 Å².